The van der Waals surface area contributed by atoms with Crippen molar-refractivity contribution in [1.29, 1.82) is 0 Å². The average Bonchev–Trinajstić information content (AvgIpc) is 2.28. The summed E-state index contributed by atoms with van der Waals surface area (Å²) >= 11 is 0. The molecule has 1 aromatic rings. The van der Waals surface area contributed by atoms with Crippen molar-refractivity contribution in [2.24, 2.45) is 0 Å². The Labute approximate surface area is 104 Å². The molecule has 3 heteroatoms. The zero-order valence-corrected chi connectivity index (χ0v) is 11.3. The minimum Gasteiger partial charge on any atom is -0.496 e. The molecule has 0 saturated carbocycles. The lowest BCUT2D eigenvalue weighted by molar-refractivity contribution is 0.194. The Hall–Kier alpha value is -1.06. The van der Waals surface area contributed by atoms with E-state index in [1.807, 2.05) is 0 Å². The Morgan fingerprint density at radius 2 is 1.76 bits per heavy atom. The van der Waals surface area contributed by atoms with Gasteiger partial charge in [-0.25, -0.2) is 0 Å². The smallest absolute Gasteiger partial charge is 0.124 e. The number of rotatable bonds is 7. The summed E-state index contributed by atoms with van der Waals surface area (Å²) in [6.07, 6.45) is 1.05. The zero-order valence-electron chi connectivity index (χ0n) is 11.3. The highest BCUT2D eigenvalue weighted by Gasteiger charge is 2.04. The molecule has 0 aliphatic rings. The highest BCUT2D eigenvalue weighted by atomic mass is 16.5. The molecule has 0 heterocycles. The Kier molecular flexibility index (Phi) is 6.01. The molecule has 1 N–H and O–H groups in total. The topological polar surface area (TPSA) is 30.5 Å². The van der Waals surface area contributed by atoms with Crippen LogP contribution in [0.4, 0.5) is 0 Å². The molecular formula is C14H23NO2. The Bertz CT molecular complexity index is 327. The predicted octanol–water partition coefficient (Wildman–Crippen LogP) is 2.44. The number of methoxy groups -OCH3 is 2. The van der Waals surface area contributed by atoms with E-state index < -0.39 is 0 Å². The summed E-state index contributed by atoms with van der Waals surface area (Å²) in [5, 5.41) is 3.41. The fourth-order valence-electron chi connectivity index (χ4n) is 2.04. The van der Waals surface area contributed by atoms with Gasteiger partial charge in [0.15, 0.2) is 0 Å². The van der Waals surface area contributed by atoms with E-state index in [0.717, 1.165) is 31.9 Å². The van der Waals surface area contributed by atoms with Crippen LogP contribution in [0.5, 0.6) is 5.75 Å². The lowest BCUT2D eigenvalue weighted by Gasteiger charge is -2.12. The van der Waals surface area contributed by atoms with Gasteiger partial charge in [-0.05, 0) is 43.5 Å². The van der Waals surface area contributed by atoms with Crippen LogP contribution in [0, 0.1) is 13.8 Å². The molecule has 0 amide bonds. The van der Waals surface area contributed by atoms with Crippen LogP contribution < -0.4 is 10.1 Å². The van der Waals surface area contributed by atoms with Crippen LogP contribution in [-0.4, -0.2) is 27.4 Å². The number of hydrogen-bond donors (Lipinski definition) is 1. The molecule has 0 saturated heterocycles. The first kappa shape index (κ1) is 14.0. The van der Waals surface area contributed by atoms with Gasteiger partial charge in [-0.2, -0.15) is 0 Å². The number of hydrogen-bond acceptors (Lipinski definition) is 3. The van der Waals surface area contributed by atoms with Crippen molar-refractivity contribution in [2.45, 2.75) is 26.8 Å². The lowest BCUT2D eigenvalue weighted by atomic mass is 10.1. The van der Waals surface area contributed by atoms with Crippen molar-refractivity contribution in [3.63, 3.8) is 0 Å². The fourth-order valence-corrected chi connectivity index (χ4v) is 2.04. The van der Waals surface area contributed by atoms with Crippen LogP contribution in [0.1, 0.15) is 23.1 Å². The molecule has 0 unspecified atom stereocenters. The van der Waals surface area contributed by atoms with Gasteiger partial charge in [-0.1, -0.05) is 12.1 Å². The van der Waals surface area contributed by atoms with Gasteiger partial charge in [0, 0.05) is 20.3 Å². The summed E-state index contributed by atoms with van der Waals surface area (Å²) in [7, 11) is 3.45. The maximum atomic E-state index is 5.35. The third kappa shape index (κ3) is 4.36. The van der Waals surface area contributed by atoms with Crippen LogP contribution in [0.3, 0.4) is 0 Å². The second-order valence-corrected chi connectivity index (χ2v) is 4.29. The standard InChI is InChI=1S/C14H23NO2/c1-11-8-13(9-12(2)14(11)17-4)10-15-6-5-7-16-3/h8-9,15H,5-7,10H2,1-4H3. The lowest BCUT2D eigenvalue weighted by Crippen LogP contribution is -2.16. The van der Waals surface area contributed by atoms with Gasteiger partial charge in [-0.15, -0.1) is 0 Å². The summed E-state index contributed by atoms with van der Waals surface area (Å²) < 4.78 is 10.4. The van der Waals surface area contributed by atoms with E-state index in [2.05, 4.69) is 31.3 Å². The van der Waals surface area contributed by atoms with E-state index >= 15 is 0 Å². The zero-order chi connectivity index (χ0) is 12.7. The molecule has 0 fully saturated rings. The first-order valence-electron chi connectivity index (χ1n) is 6.02. The quantitative estimate of drug-likeness (QED) is 0.739. The molecule has 0 aromatic heterocycles. The highest BCUT2D eigenvalue weighted by Crippen LogP contribution is 2.24. The molecule has 17 heavy (non-hydrogen) atoms. The predicted molar refractivity (Wildman–Crippen MR) is 70.7 cm³/mol. The molecule has 96 valence electrons. The second kappa shape index (κ2) is 7.30. The fraction of sp³-hybridized carbons (Fsp3) is 0.571. The average molecular weight is 237 g/mol. The van der Waals surface area contributed by atoms with E-state index in [4.69, 9.17) is 9.47 Å². The van der Waals surface area contributed by atoms with Crippen LogP contribution in [0.2, 0.25) is 0 Å². The Balaban J connectivity index is 2.49. The summed E-state index contributed by atoms with van der Waals surface area (Å²) in [5.41, 5.74) is 3.69. The molecule has 0 atom stereocenters. The summed E-state index contributed by atoms with van der Waals surface area (Å²) in [4.78, 5) is 0. The third-order valence-corrected chi connectivity index (χ3v) is 2.76. The van der Waals surface area contributed by atoms with Crippen LogP contribution in [0.15, 0.2) is 12.1 Å². The maximum Gasteiger partial charge on any atom is 0.124 e. The summed E-state index contributed by atoms with van der Waals surface area (Å²) in [6.45, 7) is 6.86. The van der Waals surface area contributed by atoms with Gasteiger partial charge in [0.2, 0.25) is 0 Å². The summed E-state index contributed by atoms with van der Waals surface area (Å²) in [5.74, 6) is 0.994. The van der Waals surface area contributed by atoms with Crippen molar-refractivity contribution in [3.05, 3.63) is 28.8 Å². The molecule has 0 aliphatic carbocycles. The third-order valence-electron chi connectivity index (χ3n) is 2.76. The largest absolute Gasteiger partial charge is 0.496 e. The van der Waals surface area contributed by atoms with Gasteiger partial charge >= 0.3 is 0 Å². The second-order valence-electron chi connectivity index (χ2n) is 4.29. The minimum atomic E-state index is 0.813. The molecular weight excluding hydrogens is 214 g/mol. The number of nitrogens with one attached hydrogen (secondary N) is 1. The monoisotopic (exact) mass is 237 g/mol. The van der Waals surface area contributed by atoms with E-state index in [0.29, 0.717) is 0 Å². The van der Waals surface area contributed by atoms with Gasteiger partial charge in [0.1, 0.15) is 5.75 Å². The molecule has 1 rings (SSSR count). The highest BCUT2D eigenvalue weighted by molar-refractivity contribution is 5.43. The number of benzene rings is 1. The van der Waals surface area contributed by atoms with E-state index in [-0.39, 0.29) is 0 Å². The van der Waals surface area contributed by atoms with Crippen molar-refractivity contribution >= 4 is 0 Å². The van der Waals surface area contributed by atoms with Crippen molar-refractivity contribution in [2.75, 3.05) is 27.4 Å². The Morgan fingerprint density at radius 3 is 2.29 bits per heavy atom. The SMILES string of the molecule is COCCCNCc1cc(C)c(OC)c(C)c1. The van der Waals surface area contributed by atoms with Crippen molar-refractivity contribution < 1.29 is 9.47 Å². The molecule has 0 radical (unpaired) electrons. The molecule has 3 nitrogen and oxygen atoms in total. The molecule has 1 aromatic carbocycles. The van der Waals surface area contributed by atoms with Gasteiger partial charge in [0.05, 0.1) is 7.11 Å². The van der Waals surface area contributed by atoms with Crippen molar-refractivity contribution in [1.82, 2.24) is 5.32 Å². The van der Waals surface area contributed by atoms with Crippen LogP contribution >= 0.6 is 0 Å². The van der Waals surface area contributed by atoms with Crippen LogP contribution in [0.25, 0.3) is 0 Å². The van der Waals surface area contributed by atoms with E-state index in [9.17, 15) is 0 Å². The number of aryl methyl sites for hydroxylation is 2. The van der Waals surface area contributed by atoms with E-state index in [1.54, 1.807) is 14.2 Å². The molecule has 0 spiro atoms. The molecule has 0 aliphatic heterocycles. The first-order valence-corrected chi connectivity index (χ1v) is 6.02. The summed E-state index contributed by atoms with van der Waals surface area (Å²) in [6, 6.07) is 4.35. The molecule has 0 bridgehead atoms. The van der Waals surface area contributed by atoms with Crippen molar-refractivity contribution in [3.8, 4) is 5.75 Å². The van der Waals surface area contributed by atoms with Gasteiger partial charge in [-0.3, -0.25) is 0 Å². The first-order chi connectivity index (χ1) is 8.19. The minimum absolute atomic E-state index is 0.813. The van der Waals surface area contributed by atoms with Gasteiger partial charge < -0.3 is 14.8 Å². The van der Waals surface area contributed by atoms with Crippen LogP contribution in [-0.2, 0) is 11.3 Å². The number of ether oxygens (including phenoxy) is 2. The Morgan fingerprint density at radius 1 is 1.12 bits per heavy atom. The maximum absolute atomic E-state index is 5.35. The van der Waals surface area contributed by atoms with E-state index in [1.165, 1.54) is 16.7 Å². The van der Waals surface area contributed by atoms with Gasteiger partial charge in [0.25, 0.3) is 0 Å². The normalized spacial score (nSPS) is 10.6.